The van der Waals surface area contributed by atoms with Crippen LogP contribution in [-0.2, 0) is 4.79 Å². The van der Waals surface area contributed by atoms with Crippen LogP contribution in [0.3, 0.4) is 0 Å². The summed E-state index contributed by atoms with van der Waals surface area (Å²) in [6, 6.07) is 13.8. The molecule has 2 aromatic rings. The number of ether oxygens (including phenoxy) is 1. The minimum Gasteiger partial charge on any atom is -0.482 e. The van der Waals surface area contributed by atoms with Crippen molar-refractivity contribution in [1.82, 2.24) is 0 Å². The lowest BCUT2D eigenvalue weighted by atomic mass is 10.2. The summed E-state index contributed by atoms with van der Waals surface area (Å²) in [4.78, 5) is 11.8. The Labute approximate surface area is 135 Å². The highest BCUT2D eigenvalue weighted by Gasteiger charge is 2.08. The molecule has 0 heterocycles. The van der Waals surface area contributed by atoms with Gasteiger partial charge in [-0.3, -0.25) is 4.79 Å². The summed E-state index contributed by atoms with van der Waals surface area (Å²) >= 11 is 9.03. The molecule has 0 bridgehead atoms. The fourth-order valence-electron chi connectivity index (χ4n) is 1.59. The summed E-state index contributed by atoms with van der Waals surface area (Å²) in [7, 11) is 0. The zero-order valence-corrected chi connectivity index (χ0v) is 13.1. The van der Waals surface area contributed by atoms with Crippen molar-refractivity contribution in [3.05, 3.63) is 57.5 Å². The average Bonchev–Trinajstić information content (AvgIpc) is 2.48. The summed E-state index contributed by atoms with van der Waals surface area (Å²) in [5.74, 6) is 0.0519. The molecule has 0 saturated carbocycles. The van der Waals surface area contributed by atoms with Gasteiger partial charge in [0.15, 0.2) is 6.61 Å². The number of nitriles is 1. The molecule has 21 heavy (non-hydrogen) atoms. The average molecular weight is 366 g/mol. The van der Waals surface area contributed by atoms with Gasteiger partial charge in [0.05, 0.1) is 5.56 Å². The van der Waals surface area contributed by atoms with Crippen molar-refractivity contribution in [2.45, 2.75) is 0 Å². The second-order valence-electron chi connectivity index (χ2n) is 4.10. The number of hydrogen-bond acceptors (Lipinski definition) is 3. The molecule has 0 aliphatic heterocycles. The van der Waals surface area contributed by atoms with E-state index in [9.17, 15) is 4.79 Å². The first kappa shape index (κ1) is 15.4. The molecule has 2 rings (SSSR count). The number of rotatable bonds is 4. The number of amides is 1. The van der Waals surface area contributed by atoms with Crippen molar-refractivity contribution in [3.8, 4) is 11.8 Å². The number of hydrogen-bond donors (Lipinski definition) is 1. The molecule has 106 valence electrons. The second kappa shape index (κ2) is 7.11. The molecule has 0 aromatic heterocycles. The Morgan fingerprint density at radius 2 is 2.00 bits per heavy atom. The molecule has 0 unspecified atom stereocenters. The molecule has 0 aliphatic rings. The van der Waals surface area contributed by atoms with Gasteiger partial charge in [0.25, 0.3) is 5.91 Å². The number of nitrogens with zero attached hydrogens (tertiary/aromatic N) is 1. The zero-order valence-electron chi connectivity index (χ0n) is 10.8. The molecule has 0 fully saturated rings. The Balaban J connectivity index is 1.95. The summed E-state index contributed by atoms with van der Waals surface area (Å²) in [6.45, 7) is -0.182. The van der Waals surface area contributed by atoms with Crippen LogP contribution in [0.2, 0.25) is 5.02 Å². The van der Waals surface area contributed by atoms with E-state index in [0.717, 1.165) is 4.47 Å². The monoisotopic (exact) mass is 364 g/mol. The SMILES string of the molecule is N#Cc1cc(Br)ccc1OCC(=O)Nc1ccc(Cl)cc1. The van der Waals surface area contributed by atoms with E-state index in [1.807, 2.05) is 6.07 Å². The first-order valence-corrected chi connectivity index (χ1v) is 7.13. The standard InChI is InChI=1S/C15H10BrClN2O2/c16-11-1-6-14(10(7-11)8-18)21-9-15(20)19-13-4-2-12(17)3-5-13/h1-7H,9H2,(H,19,20). The van der Waals surface area contributed by atoms with Gasteiger partial charge in [0, 0.05) is 15.2 Å². The van der Waals surface area contributed by atoms with Gasteiger partial charge >= 0.3 is 0 Å². The highest BCUT2D eigenvalue weighted by atomic mass is 79.9. The number of carbonyl (C=O) groups is 1. The molecule has 0 radical (unpaired) electrons. The van der Waals surface area contributed by atoms with E-state index >= 15 is 0 Å². The van der Waals surface area contributed by atoms with E-state index < -0.39 is 0 Å². The Morgan fingerprint density at radius 1 is 1.29 bits per heavy atom. The molecule has 0 aliphatic carbocycles. The van der Waals surface area contributed by atoms with E-state index in [-0.39, 0.29) is 12.5 Å². The quantitative estimate of drug-likeness (QED) is 0.891. The van der Waals surface area contributed by atoms with Gasteiger partial charge in [-0.2, -0.15) is 5.26 Å². The van der Waals surface area contributed by atoms with Gasteiger partial charge in [-0.05, 0) is 42.5 Å². The van der Waals surface area contributed by atoms with Crippen LogP contribution in [0.15, 0.2) is 46.9 Å². The van der Waals surface area contributed by atoms with Gasteiger partial charge in [-0.25, -0.2) is 0 Å². The van der Waals surface area contributed by atoms with Gasteiger partial charge in [-0.1, -0.05) is 27.5 Å². The maximum Gasteiger partial charge on any atom is 0.262 e. The first-order chi connectivity index (χ1) is 10.1. The lowest BCUT2D eigenvalue weighted by Gasteiger charge is -2.09. The van der Waals surface area contributed by atoms with Crippen molar-refractivity contribution < 1.29 is 9.53 Å². The molecular weight excluding hydrogens is 356 g/mol. The topological polar surface area (TPSA) is 62.1 Å². The number of anilines is 1. The Hall–Kier alpha value is -2.03. The van der Waals surface area contributed by atoms with Crippen molar-refractivity contribution >= 4 is 39.1 Å². The normalized spacial score (nSPS) is 9.76. The predicted molar refractivity (Wildman–Crippen MR) is 84.4 cm³/mol. The van der Waals surface area contributed by atoms with Crippen LogP contribution >= 0.6 is 27.5 Å². The Morgan fingerprint density at radius 3 is 2.67 bits per heavy atom. The number of benzene rings is 2. The summed E-state index contributed by atoms with van der Waals surface area (Å²) in [5.41, 5.74) is 0.994. The highest BCUT2D eigenvalue weighted by Crippen LogP contribution is 2.22. The third kappa shape index (κ3) is 4.48. The predicted octanol–water partition coefficient (Wildman–Crippen LogP) is 3.99. The van der Waals surface area contributed by atoms with Crippen molar-refractivity contribution in [2.24, 2.45) is 0 Å². The van der Waals surface area contributed by atoms with Crippen molar-refractivity contribution in [1.29, 1.82) is 5.26 Å². The molecule has 0 spiro atoms. The van der Waals surface area contributed by atoms with Crippen LogP contribution in [-0.4, -0.2) is 12.5 Å². The van der Waals surface area contributed by atoms with E-state index in [4.69, 9.17) is 21.6 Å². The largest absolute Gasteiger partial charge is 0.482 e. The van der Waals surface area contributed by atoms with Crippen LogP contribution in [0, 0.1) is 11.3 Å². The molecule has 1 N–H and O–H groups in total. The van der Waals surface area contributed by atoms with Crippen LogP contribution in [0.5, 0.6) is 5.75 Å². The smallest absolute Gasteiger partial charge is 0.262 e. The molecular formula is C15H10BrClN2O2. The maximum atomic E-state index is 11.8. The van der Waals surface area contributed by atoms with E-state index in [1.165, 1.54) is 0 Å². The van der Waals surface area contributed by atoms with E-state index in [1.54, 1.807) is 42.5 Å². The lowest BCUT2D eigenvalue weighted by molar-refractivity contribution is -0.118. The Bertz CT molecular complexity index is 696. The van der Waals surface area contributed by atoms with Gasteiger partial charge in [0.1, 0.15) is 11.8 Å². The number of carbonyl (C=O) groups excluding carboxylic acids is 1. The van der Waals surface area contributed by atoms with Crippen LogP contribution in [0.4, 0.5) is 5.69 Å². The van der Waals surface area contributed by atoms with E-state index in [2.05, 4.69) is 21.2 Å². The lowest BCUT2D eigenvalue weighted by Crippen LogP contribution is -2.20. The number of nitrogens with one attached hydrogen (secondary N) is 1. The minimum atomic E-state index is -0.316. The molecule has 2 aromatic carbocycles. The fraction of sp³-hybridized carbons (Fsp3) is 0.0667. The third-order valence-electron chi connectivity index (χ3n) is 2.55. The van der Waals surface area contributed by atoms with Gasteiger partial charge in [-0.15, -0.1) is 0 Å². The first-order valence-electron chi connectivity index (χ1n) is 5.96. The Kier molecular flexibility index (Phi) is 5.20. The fourth-order valence-corrected chi connectivity index (χ4v) is 2.08. The maximum absolute atomic E-state index is 11.8. The van der Waals surface area contributed by atoms with Crippen LogP contribution in [0.25, 0.3) is 0 Å². The molecule has 6 heteroatoms. The van der Waals surface area contributed by atoms with Crippen LogP contribution in [0.1, 0.15) is 5.56 Å². The van der Waals surface area contributed by atoms with Crippen molar-refractivity contribution in [2.75, 3.05) is 11.9 Å². The minimum absolute atomic E-state index is 0.182. The van der Waals surface area contributed by atoms with Gasteiger partial charge in [0.2, 0.25) is 0 Å². The van der Waals surface area contributed by atoms with Crippen molar-refractivity contribution in [3.63, 3.8) is 0 Å². The highest BCUT2D eigenvalue weighted by molar-refractivity contribution is 9.10. The van der Waals surface area contributed by atoms with Gasteiger partial charge < -0.3 is 10.1 Å². The second-order valence-corrected chi connectivity index (χ2v) is 5.45. The molecule has 0 atom stereocenters. The van der Waals surface area contributed by atoms with E-state index in [0.29, 0.717) is 22.0 Å². The zero-order chi connectivity index (χ0) is 15.2. The summed E-state index contributed by atoms with van der Waals surface area (Å²) in [6.07, 6.45) is 0. The van der Waals surface area contributed by atoms with Crippen LogP contribution < -0.4 is 10.1 Å². The molecule has 4 nitrogen and oxygen atoms in total. The summed E-state index contributed by atoms with van der Waals surface area (Å²) < 4.78 is 6.13. The number of halogens is 2. The third-order valence-corrected chi connectivity index (χ3v) is 3.29. The molecule has 1 amide bonds. The molecule has 0 saturated heterocycles. The summed E-state index contributed by atoms with van der Waals surface area (Å²) in [5, 5.41) is 12.3.